The van der Waals surface area contributed by atoms with Gasteiger partial charge in [-0.25, -0.2) is 4.98 Å². The van der Waals surface area contributed by atoms with Gasteiger partial charge in [-0.1, -0.05) is 0 Å². The molecule has 0 saturated heterocycles. The molecule has 0 radical (unpaired) electrons. The molecular weight excluding hydrogens is 190 g/mol. The van der Waals surface area contributed by atoms with Crippen molar-refractivity contribution in [3.05, 3.63) is 28.4 Å². The van der Waals surface area contributed by atoms with Crippen molar-refractivity contribution in [3.8, 4) is 0 Å². The van der Waals surface area contributed by atoms with Crippen molar-refractivity contribution < 1.29 is 0 Å². The van der Waals surface area contributed by atoms with Crippen LogP contribution in [0.3, 0.4) is 0 Å². The molecule has 1 aromatic heterocycles. The Balaban J connectivity index is 2.55. The Morgan fingerprint density at radius 1 is 1.47 bits per heavy atom. The largest absolute Gasteiger partial charge is 0.310 e. The molecule has 0 aliphatic carbocycles. The first-order valence-corrected chi connectivity index (χ1v) is 5.16. The van der Waals surface area contributed by atoms with E-state index in [4.69, 9.17) is 0 Å². The van der Waals surface area contributed by atoms with Crippen LogP contribution in [0.5, 0.6) is 0 Å². The van der Waals surface area contributed by atoms with E-state index >= 15 is 0 Å². The van der Waals surface area contributed by atoms with Crippen LogP contribution < -0.4 is 10.9 Å². The van der Waals surface area contributed by atoms with E-state index in [9.17, 15) is 4.79 Å². The summed E-state index contributed by atoms with van der Waals surface area (Å²) in [5.41, 5.74) is 0.861. The number of rotatable bonds is 3. The zero-order valence-electron chi connectivity index (χ0n) is 9.87. The maximum Gasteiger partial charge on any atom is 0.253 e. The smallest absolute Gasteiger partial charge is 0.253 e. The van der Waals surface area contributed by atoms with E-state index in [1.165, 1.54) is 0 Å². The highest BCUT2D eigenvalue weighted by Gasteiger charge is 2.07. The topological polar surface area (TPSA) is 46.9 Å². The van der Waals surface area contributed by atoms with E-state index in [1.807, 2.05) is 6.92 Å². The van der Waals surface area contributed by atoms with E-state index in [-0.39, 0.29) is 11.1 Å². The maximum absolute atomic E-state index is 11.5. The molecule has 84 valence electrons. The zero-order chi connectivity index (χ0) is 11.5. The van der Waals surface area contributed by atoms with Crippen LogP contribution in [0.25, 0.3) is 0 Å². The van der Waals surface area contributed by atoms with Crippen LogP contribution in [0.2, 0.25) is 0 Å². The number of nitrogens with zero attached hydrogens (tertiary/aromatic N) is 2. The summed E-state index contributed by atoms with van der Waals surface area (Å²) in [4.78, 5) is 15.6. The van der Waals surface area contributed by atoms with Crippen LogP contribution in [0.1, 0.15) is 26.5 Å². The van der Waals surface area contributed by atoms with Crippen LogP contribution in [0, 0.1) is 6.92 Å². The lowest BCUT2D eigenvalue weighted by Crippen LogP contribution is -2.39. The Morgan fingerprint density at radius 2 is 2.13 bits per heavy atom. The predicted molar refractivity (Wildman–Crippen MR) is 61.0 cm³/mol. The summed E-state index contributed by atoms with van der Waals surface area (Å²) in [5.74, 6) is 0. The summed E-state index contributed by atoms with van der Waals surface area (Å²) >= 11 is 0. The second-order valence-electron chi connectivity index (χ2n) is 4.74. The molecule has 1 heterocycles. The standard InChI is InChI=1S/C11H19N3O/c1-9-7-10(15)14(8-12-9)6-5-13-11(2,3)4/h7-8,13H,5-6H2,1-4H3. The Bertz CT molecular complexity index is 376. The minimum Gasteiger partial charge on any atom is -0.310 e. The van der Waals surface area contributed by atoms with Crippen molar-refractivity contribution in [1.82, 2.24) is 14.9 Å². The fourth-order valence-electron chi connectivity index (χ4n) is 1.24. The molecule has 1 N–H and O–H groups in total. The van der Waals surface area contributed by atoms with Crippen LogP contribution in [0.4, 0.5) is 0 Å². The maximum atomic E-state index is 11.5. The molecule has 0 unspecified atom stereocenters. The third-order valence-electron chi connectivity index (χ3n) is 2.02. The first kappa shape index (κ1) is 11.9. The molecule has 0 amide bonds. The van der Waals surface area contributed by atoms with Crippen molar-refractivity contribution in [3.63, 3.8) is 0 Å². The summed E-state index contributed by atoms with van der Waals surface area (Å²) in [7, 11) is 0. The molecule has 15 heavy (non-hydrogen) atoms. The number of aromatic nitrogens is 2. The lowest BCUT2D eigenvalue weighted by atomic mass is 10.1. The molecule has 0 aromatic carbocycles. The van der Waals surface area contributed by atoms with Gasteiger partial charge in [-0.2, -0.15) is 0 Å². The second kappa shape index (κ2) is 4.57. The van der Waals surface area contributed by atoms with Crippen molar-refractivity contribution in [2.24, 2.45) is 0 Å². The molecule has 0 saturated carbocycles. The Morgan fingerprint density at radius 3 is 2.67 bits per heavy atom. The second-order valence-corrected chi connectivity index (χ2v) is 4.74. The molecule has 1 rings (SSSR count). The zero-order valence-corrected chi connectivity index (χ0v) is 9.87. The quantitative estimate of drug-likeness (QED) is 0.806. The molecule has 0 fully saturated rings. The van der Waals surface area contributed by atoms with Crippen LogP contribution in [-0.4, -0.2) is 21.6 Å². The van der Waals surface area contributed by atoms with Gasteiger partial charge < -0.3 is 5.32 Å². The van der Waals surface area contributed by atoms with Crippen molar-refractivity contribution in [2.45, 2.75) is 39.8 Å². The van der Waals surface area contributed by atoms with Crippen LogP contribution >= 0.6 is 0 Å². The number of nitrogens with one attached hydrogen (secondary N) is 1. The summed E-state index contributed by atoms with van der Waals surface area (Å²) in [6.45, 7) is 9.55. The molecule has 0 aliphatic rings. The van der Waals surface area contributed by atoms with Crippen molar-refractivity contribution in [2.75, 3.05) is 6.54 Å². The van der Waals surface area contributed by atoms with Crippen LogP contribution in [0.15, 0.2) is 17.2 Å². The normalized spacial score (nSPS) is 11.7. The number of hydrogen-bond acceptors (Lipinski definition) is 3. The summed E-state index contributed by atoms with van der Waals surface area (Å²) in [6, 6.07) is 1.55. The summed E-state index contributed by atoms with van der Waals surface area (Å²) in [6.07, 6.45) is 1.60. The van der Waals surface area contributed by atoms with E-state index in [0.29, 0.717) is 6.54 Å². The minimum absolute atomic E-state index is 0.0122. The molecule has 0 aliphatic heterocycles. The van der Waals surface area contributed by atoms with Gasteiger partial charge in [-0.3, -0.25) is 9.36 Å². The highest BCUT2D eigenvalue weighted by atomic mass is 16.1. The molecule has 4 heteroatoms. The molecule has 0 spiro atoms. The highest BCUT2D eigenvalue weighted by molar-refractivity contribution is 4.95. The number of hydrogen-bond donors (Lipinski definition) is 1. The lowest BCUT2D eigenvalue weighted by Gasteiger charge is -2.20. The summed E-state index contributed by atoms with van der Waals surface area (Å²) in [5, 5.41) is 3.32. The van der Waals surface area contributed by atoms with E-state index in [0.717, 1.165) is 12.2 Å². The first-order chi connectivity index (χ1) is 6.88. The fraction of sp³-hybridized carbons (Fsp3) is 0.636. The SMILES string of the molecule is Cc1cc(=O)n(CCNC(C)(C)C)cn1. The highest BCUT2D eigenvalue weighted by Crippen LogP contribution is 1.97. The van der Waals surface area contributed by atoms with Gasteiger partial charge in [-0.15, -0.1) is 0 Å². The van der Waals surface area contributed by atoms with E-state index < -0.39 is 0 Å². The average Bonchev–Trinajstić information content (AvgIpc) is 2.07. The Labute approximate surface area is 90.3 Å². The lowest BCUT2D eigenvalue weighted by molar-refractivity contribution is 0.409. The average molecular weight is 209 g/mol. The van der Waals surface area contributed by atoms with Gasteiger partial charge in [0, 0.05) is 30.4 Å². The third kappa shape index (κ3) is 4.25. The van der Waals surface area contributed by atoms with Crippen LogP contribution in [-0.2, 0) is 6.54 Å². The van der Waals surface area contributed by atoms with Gasteiger partial charge in [-0.05, 0) is 27.7 Å². The molecule has 0 atom stereocenters. The van der Waals surface area contributed by atoms with Gasteiger partial charge in [0.1, 0.15) is 0 Å². The summed E-state index contributed by atoms with van der Waals surface area (Å²) < 4.78 is 1.62. The molecule has 0 bridgehead atoms. The van der Waals surface area contributed by atoms with Gasteiger partial charge in [0.15, 0.2) is 0 Å². The Kier molecular flexibility index (Phi) is 3.63. The van der Waals surface area contributed by atoms with Gasteiger partial charge in [0.25, 0.3) is 5.56 Å². The molecule has 1 aromatic rings. The molecular formula is C11H19N3O. The van der Waals surface area contributed by atoms with E-state index in [1.54, 1.807) is 17.0 Å². The van der Waals surface area contributed by atoms with Gasteiger partial charge in [0.2, 0.25) is 0 Å². The first-order valence-electron chi connectivity index (χ1n) is 5.16. The van der Waals surface area contributed by atoms with Crippen molar-refractivity contribution in [1.29, 1.82) is 0 Å². The minimum atomic E-state index is 0.0122. The van der Waals surface area contributed by atoms with Gasteiger partial charge >= 0.3 is 0 Å². The predicted octanol–water partition coefficient (Wildman–Crippen LogP) is 0.940. The van der Waals surface area contributed by atoms with E-state index in [2.05, 4.69) is 31.1 Å². The molecule has 4 nitrogen and oxygen atoms in total. The third-order valence-corrected chi connectivity index (χ3v) is 2.02. The fourth-order valence-corrected chi connectivity index (χ4v) is 1.24. The van der Waals surface area contributed by atoms with Gasteiger partial charge in [0.05, 0.1) is 6.33 Å². The monoisotopic (exact) mass is 209 g/mol. The Hall–Kier alpha value is -1.16. The van der Waals surface area contributed by atoms with Crippen molar-refractivity contribution >= 4 is 0 Å². The number of aryl methyl sites for hydroxylation is 1.